The standard InChI is InChI=1S/C25H30N2O4/c1-19-7-9-21(10-8-19)11-12-23(28)26-14-16-31-25(30)22-17-24(29)27(18-22)15-13-20-5-3-2-4-6-20/h2-10,22H,11-18H2,1H3,(H,26,28). The van der Waals surface area contributed by atoms with Crippen molar-refractivity contribution >= 4 is 17.8 Å². The van der Waals surface area contributed by atoms with Crippen LogP contribution in [0.15, 0.2) is 54.6 Å². The molecule has 1 atom stereocenters. The van der Waals surface area contributed by atoms with Crippen LogP contribution < -0.4 is 5.32 Å². The third kappa shape index (κ3) is 7.24. The molecule has 0 bridgehead atoms. The van der Waals surface area contributed by atoms with Crippen molar-refractivity contribution in [1.29, 1.82) is 0 Å². The van der Waals surface area contributed by atoms with E-state index in [1.807, 2.05) is 61.5 Å². The molecule has 31 heavy (non-hydrogen) atoms. The number of ether oxygens (including phenoxy) is 1. The lowest BCUT2D eigenvalue weighted by Gasteiger charge is -2.16. The van der Waals surface area contributed by atoms with E-state index in [9.17, 15) is 14.4 Å². The molecule has 0 radical (unpaired) electrons. The Bertz CT molecular complexity index is 880. The molecule has 1 aliphatic heterocycles. The quantitative estimate of drug-likeness (QED) is 0.472. The van der Waals surface area contributed by atoms with E-state index in [4.69, 9.17) is 4.74 Å². The van der Waals surface area contributed by atoms with Gasteiger partial charge in [0.25, 0.3) is 0 Å². The maximum atomic E-state index is 12.3. The fourth-order valence-corrected chi connectivity index (χ4v) is 3.62. The normalized spacial score (nSPS) is 15.7. The second kappa shape index (κ2) is 11.3. The SMILES string of the molecule is Cc1ccc(CCC(=O)NCCOC(=O)C2CC(=O)N(CCc3ccccc3)C2)cc1. The van der Waals surface area contributed by atoms with Crippen molar-refractivity contribution in [3.05, 3.63) is 71.3 Å². The van der Waals surface area contributed by atoms with E-state index in [0.29, 0.717) is 25.9 Å². The Kier molecular flexibility index (Phi) is 8.21. The molecule has 1 unspecified atom stereocenters. The Morgan fingerprint density at radius 2 is 1.74 bits per heavy atom. The van der Waals surface area contributed by atoms with E-state index >= 15 is 0 Å². The third-order valence-electron chi connectivity index (χ3n) is 5.49. The second-order valence-corrected chi connectivity index (χ2v) is 7.98. The first-order valence-corrected chi connectivity index (χ1v) is 10.8. The average Bonchev–Trinajstić information content (AvgIpc) is 3.16. The van der Waals surface area contributed by atoms with Crippen LogP contribution in [0.1, 0.15) is 29.5 Å². The van der Waals surface area contributed by atoms with E-state index in [0.717, 1.165) is 12.0 Å². The summed E-state index contributed by atoms with van der Waals surface area (Å²) in [4.78, 5) is 38.2. The van der Waals surface area contributed by atoms with Crippen LogP contribution in [0.5, 0.6) is 0 Å². The smallest absolute Gasteiger partial charge is 0.311 e. The minimum Gasteiger partial charge on any atom is -0.464 e. The van der Waals surface area contributed by atoms with Crippen LogP contribution in [0.25, 0.3) is 0 Å². The van der Waals surface area contributed by atoms with Crippen molar-refractivity contribution in [3.63, 3.8) is 0 Å². The number of hydrogen-bond acceptors (Lipinski definition) is 4. The lowest BCUT2D eigenvalue weighted by Crippen LogP contribution is -2.31. The summed E-state index contributed by atoms with van der Waals surface area (Å²) in [6.07, 6.45) is 2.03. The molecule has 164 valence electrons. The maximum Gasteiger partial charge on any atom is 0.311 e. The van der Waals surface area contributed by atoms with E-state index in [1.54, 1.807) is 4.90 Å². The number of esters is 1. The van der Waals surface area contributed by atoms with Gasteiger partial charge in [-0.05, 0) is 30.9 Å². The van der Waals surface area contributed by atoms with Gasteiger partial charge in [0.15, 0.2) is 0 Å². The summed E-state index contributed by atoms with van der Waals surface area (Å²) in [5.74, 6) is -0.882. The van der Waals surface area contributed by atoms with Gasteiger partial charge in [0.1, 0.15) is 6.61 Å². The Balaban J connectivity index is 1.30. The molecule has 1 N–H and O–H groups in total. The second-order valence-electron chi connectivity index (χ2n) is 7.98. The number of amides is 2. The monoisotopic (exact) mass is 422 g/mol. The van der Waals surface area contributed by atoms with Crippen LogP contribution in [0, 0.1) is 12.8 Å². The van der Waals surface area contributed by atoms with Crippen molar-refractivity contribution < 1.29 is 19.1 Å². The lowest BCUT2D eigenvalue weighted by molar-refractivity contribution is -0.148. The Morgan fingerprint density at radius 3 is 2.48 bits per heavy atom. The number of nitrogens with zero attached hydrogens (tertiary/aromatic N) is 1. The van der Waals surface area contributed by atoms with Crippen molar-refractivity contribution in [2.45, 2.75) is 32.6 Å². The first kappa shape index (κ1) is 22.5. The Labute approximate surface area is 183 Å². The molecule has 1 aliphatic rings. The number of hydrogen-bond donors (Lipinski definition) is 1. The summed E-state index contributed by atoms with van der Waals surface area (Å²) < 4.78 is 5.28. The number of nitrogens with one attached hydrogen (secondary N) is 1. The van der Waals surface area contributed by atoms with Crippen LogP contribution >= 0.6 is 0 Å². The molecule has 1 saturated heterocycles. The predicted molar refractivity (Wildman–Crippen MR) is 118 cm³/mol. The molecule has 0 spiro atoms. The molecule has 3 rings (SSSR count). The Morgan fingerprint density at radius 1 is 1.03 bits per heavy atom. The average molecular weight is 423 g/mol. The van der Waals surface area contributed by atoms with Crippen molar-refractivity contribution in [2.24, 2.45) is 5.92 Å². The molecule has 1 heterocycles. The van der Waals surface area contributed by atoms with Crippen LogP contribution in [-0.2, 0) is 32.0 Å². The van der Waals surface area contributed by atoms with Gasteiger partial charge in [0, 0.05) is 25.9 Å². The zero-order valence-electron chi connectivity index (χ0n) is 18.0. The molecule has 0 aliphatic carbocycles. The van der Waals surface area contributed by atoms with Gasteiger partial charge in [-0.15, -0.1) is 0 Å². The fourth-order valence-electron chi connectivity index (χ4n) is 3.62. The van der Waals surface area contributed by atoms with E-state index in [1.165, 1.54) is 11.1 Å². The molecule has 1 fully saturated rings. The maximum absolute atomic E-state index is 12.3. The predicted octanol–water partition coefficient (Wildman–Crippen LogP) is 2.68. The minimum absolute atomic E-state index is 0.0118. The largest absolute Gasteiger partial charge is 0.464 e. The molecular weight excluding hydrogens is 392 g/mol. The van der Waals surface area contributed by atoms with Gasteiger partial charge in [-0.25, -0.2) is 0 Å². The highest BCUT2D eigenvalue weighted by molar-refractivity contribution is 5.86. The number of likely N-dealkylation sites (tertiary alicyclic amines) is 1. The highest BCUT2D eigenvalue weighted by atomic mass is 16.5. The lowest BCUT2D eigenvalue weighted by atomic mass is 10.1. The molecule has 2 aromatic carbocycles. The van der Waals surface area contributed by atoms with Gasteiger partial charge < -0.3 is 15.0 Å². The molecule has 6 nitrogen and oxygen atoms in total. The minimum atomic E-state index is -0.430. The summed E-state index contributed by atoms with van der Waals surface area (Å²) in [5, 5.41) is 2.77. The highest BCUT2D eigenvalue weighted by Crippen LogP contribution is 2.19. The number of rotatable bonds is 10. The van der Waals surface area contributed by atoms with E-state index in [-0.39, 0.29) is 37.4 Å². The zero-order valence-corrected chi connectivity index (χ0v) is 18.0. The summed E-state index contributed by atoms with van der Waals surface area (Å²) in [6.45, 7) is 3.42. The highest BCUT2D eigenvalue weighted by Gasteiger charge is 2.34. The number of carbonyl (C=O) groups excluding carboxylic acids is 3. The van der Waals surface area contributed by atoms with Crippen LogP contribution in [-0.4, -0.2) is 48.9 Å². The van der Waals surface area contributed by atoms with Gasteiger partial charge in [-0.2, -0.15) is 0 Å². The first-order valence-electron chi connectivity index (χ1n) is 10.8. The summed E-state index contributed by atoms with van der Waals surface area (Å²) in [5.41, 5.74) is 3.48. The van der Waals surface area contributed by atoms with Crippen LogP contribution in [0.3, 0.4) is 0 Å². The van der Waals surface area contributed by atoms with Gasteiger partial charge in [0.05, 0.1) is 12.5 Å². The molecule has 2 amide bonds. The Hall–Kier alpha value is -3.15. The van der Waals surface area contributed by atoms with E-state index < -0.39 is 5.92 Å². The molecular formula is C25H30N2O4. The molecule has 6 heteroatoms. The van der Waals surface area contributed by atoms with Crippen molar-refractivity contribution in [1.82, 2.24) is 10.2 Å². The first-order chi connectivity index (χ1) is 15.0. The summed E-state index contributed by atoms with van der Waals surface area (Å²) >= 11 is 0. The summed E-state index contributed by atoms with van der Waals surface area (Å²) in [7, 11) is 0. The molecule has 2 aromatic rings. The van der Waals surface area contributed by atoms with E-state index in [2.05, 4.69) is 5.32 Å². The number of benzene rings is 2. The number of carbonyl (C=O) groups is 3. The van der Waals surface area contributed by atoms with Crippen molar-refractivity contribution in [2.75, 3.05) is 26.2 Å². The van der Waals surface area contributed by atoms with Gasteiger partial charge in [-0.3, -0.25) is 14.4 Å². The van der Waals surface area contributed by atoms with Gasteiger partial charge in [0.2, 0.25) is 11.8 Å². The number of aryl methyl sites for hydroxylation is 2. The zero-order chi connectivity index (χ0) is 22.1. The topological polar surface area (TPSA) is 75.7 Å². The fraction of sp³-hybridized carbons (Fsp3) is 0.400. The summed E-state index contributed by atoms with van der Waals surface area (Å²) in [6, 6.07) is 18.1. The molecule has 0 aromatic heterocycles. The van der Waals surface area contributed by atoms with Gasteiger partial charge in [-0.1, -0.05) is 60.2 Å². The third-order valence-corrected chi connectivity index (χ3v) is 5.49. The van der Waals surface area contributed by atoms with Crippen LogP contribution in [0.4, 0.5) is 0 Å². The van der Waals surface area contributed by atoms with Crippen molar-refractivity contribution in [3.8, 4) is 0 Å². The molecule has 0 saturated carbocycles. The van der Waals surface area contributed by atoms with Crippen LogP contribution in [0.2, 0.25) is 0 Å². The van der Waals surface area contributed by atoms with Gasteiger partial charge >= 0.3 is 5.97 Å².